The number of benzene rings is 2. The minimum absolute atomic E-state index is 0.0324. The zero-order chi connectivity index (χ0) is 15.8. The van der Waals surface area contributed by atoms with E-state index in [-0.39, 0.29) is 11.9 Å². The molecule has 2 N–H and O–H groups in total. The second kappa shape index (κ2) is 5.74. The van der Waals surface area contributed by atoms with Crippen LogP contribution in [0.25, 0.3) is 10.9 Å². The van der Waals surface area contributed by atoms with Crippen molar-refractivity contribution in [3.05, 3.63) is 70.4 Å². The number of rotatable bonds is 2. The number of H-pyrrole nitrogens is 1. The van der Waals surface area contributed by atoms with Crippen LogP contribution in [0.4, 0.5) is 0 Å². The summed E-state index contributed by atoms with van der Waals surface area (Å²) in [5.41, 5.74) is 4.48. The average Bonchev–Trinajstić information content (AvgIpc) is 2.93. The zero-order valence-corrected chi connectivity index (χ0v) is 13.4. The van der Waals surface area contributed by atoms with Crippen LogP contribution in [0.3, 0.4) is 0 Å². The van der Waals surface area contributed by atoms with Crippen molar-refractivity contribution >= 4 is 28.4 Å². The Hall–Kier alpha value is -2.26. The quantitative estimate of drug-likeness (QED) is 0.732. The number of halogens is 1. The third kappa shape index (κ3) is 2.73. The lowest BCUT2D eigenvalue weighted by Gasteiger charge is -2.23. The molecule has 1 aromatic heterocycles. The lowest BCUT2D eigenvalue weighted by Crippen LogP contribution is -2.38. The van der Waals surface area contributed by atoms with Crippen molar-refractivity contribution in [3.63, 3.8) is 0 Å². The van der Waals surface area contributed by atoms with E-state index >= 15 is 0 Å². The van der Waals surface area contributed by atoms with Crippen LogP contribution in [0, 0.1) is 0 Å². The maximum atomic E-state index is 12.4. The van der Waals surface area contributed by atoms with Crippen molar-refractivity contribution in [2.45, 2.75) is 25.3 Å². The Kier molecular flexibility index (Phi) is 3.58. The summed E-state index contributed by atoms with van der Waals surface area (Å²) in [5.74, 6) is -0.0324. The number of hydrogen-bond donors (Lipinski definition) is 2. The van der Waals surface area contributed by atoms with Crippen molar-refractivity contribution in [2.75, 3.05) is 0 Å². The van der Waals surface area contributed by atoms with E-state index in [9.17, 15) is 4.79 Å². The molecule has 1 aliphatic rings. The lowest BCUT2D eigenvalue weighted by atomic mass is 9.91. The van der Waals surface area contributed by atoms with Gasteiger partial charge in [0, 0.05) is 33.2 Å². The lowest BCUT2D eigenvalue weighted by molar-refractivity contribution is 0.0933. The molecule has 0 saturated carbocycles. The predicted octanol–water partition coefficient (Wildman–Crippen LogP) is 4.11. The third-order valence-electron chi connectivity index (χ3n) is 4.54. The maximum Gasteiger partial charge on any atom is 0.251 e. The molecule has 116 valence electrons. The van der Waals surface area contributed by atoms with Gasteiger partial charge in [-0.15, -0.1) is 0 Å². The smallest absolute Gasteiger partial charge is 0.251 e. The molecule has 0 spiro atoms. The highest BCUT2D eigenvalue weighted by Crippen LogP contribution is 2.29. The largest absolute Gasteiger partial charge is 0.358 e. The molecule has 1 amide bonds. The van der Waals surface area contributed by atoms with Gasteiger partial charge in [0.25, 0.3) is 5.91 Å². The summed E-state index contributed by atoms with van der Waals surface area (Å²) in [7, 11) is 0. The molecule has 0 fully saturated rings. The summed E-state index contributed by atoms with van der Waals surface area (Å²) in [6, 6.07) is 15.5. The summed E-state index contributed by atoms with van der Waals surface area (Å²) in [5, 5.41) is 5.07. The first-order valence-electron chi connectivity index (χ1n) is 7.85. The summed E-state index contributed by atoms with van der Waals surface area (Å²) in [4.78, 5) is 15.9. The summed E-state index contributed by atoms with van der Waals surface area (Å²) in [6.45, 7) is 0. The maximum absolute atomic E-state index is 12.4. The van der Waals surface area contributed by atoms with Gasteiger partial charge in [-0.25, -0.2) is 0 Å². The van der Waals surface area contributed by atoms with Gasteiger partial charge in [-0.2, -0.15) is 0 Å². The molecule has 1 atom stereocenters. The highest BCUT2D eigenvalue weighted by molar-refractivity contribution is 6.30. The Balaban J connectivity index is 1.53. The number of carbonyl (C=O) groups excluding carboxylic acids is 1. The van der Waals surface area contributed by atoms with Gasteiger partial charge in [0.2, 0.25) is 0 Å². The minimum Gasteiger partial charge on any atom is -0.358 e. The Labute approximate surface area is 139 Å². The van der Waals surface area contributed by atoms with Gasteiger partial charge in [0.15, 0.2) is 0 Å². The van der Waals surface area contributed by atoms with E-state index in [0.717, 1.165) is 19.3 Å². The molecular weight excluding hydrogens is 308 g/mol. The fourth-order valence-corrected chi connectivity index (χ4v) is 3.49. The Bertz CT molecular complexity index is 867. The van der Waals surface area contributed by atoms with Gasteiger partial charge in [-0.3, -0.25) is 4.79 Å². The van der Waals surface area contributed by atoms with Crippen LogP contribution < -0.4 is 5.32 Å². The number of hydrogen-bond acceptors (Lipinski definition) is 1. The molecule has 0 saturated heterocycles. The summed E-state index contributed by atoms with van der Waals surface area (Å²) < 4.78 is 0. The number of fused-ring (bicyclic) bond motifs is 3. The number of nitrogens with one attached hydrogen (secondary N) is 2. The molecule has 3 nitrogen and oxygen atoms in total. The van der Waals surface area contributed by atoms with Crippen molar-refractivity contribution in [3.8, 4) is 0 Å². The van der Waals surface area contributed by atoms with E-state index in [2.05, 4.69) is 28.5 Å². The van der Waals surface area contributed by atoms with E-state index in [1.807, 2.05) is 6.07 Å². The second-order valence-corrected chi connectivity index (χ2v) is 6.48. The summed E-state index contributed by atoms with van der Waals surface area (Å²) in [6.07, 6.45) is 2.80. The molecule has 2 aromatic carbocycles. The first-order valence-corrected chi connectivity index (χ1v) is 8.23. The average molecular weight is 325 g/mol. The Morgan fingerprint density at radius 2 is 1.91 bits per heavy atom. The second-order valence-electron chi connectivity index (χ2n) is 6.05. The molecule has 1 heterocycles. The molecule has 0 bridgehead atoms. The van der Waals surface area contributed by atoms with E-state index in [1.54, 1.807) is 24.3 Å². The topological polar surface area (TPSA) is 44.9 Å². The van der Waals surface area contributed by atoms with Crippen LogP contribution in [0.1, 0.15) is 28.0 Å². The number of carbonyl (C=O) groups is 1. The highest BCUT2D eigenvalue weighted by atomic mass is 35.5. The van der Waals surface area contributed by atoms with Crippen molar-refractivity contribution in [2.24, 2.45) is 0 Å². The van der Waals surface area contributed by atoms with E-state index in [0.29, 0.717) is 10.6 Å². The van der Waals surface area contributed by atoms with Gasteiger partial charge >= 0.3 is 0 Å². The van der Waals surface area contributed by atoms with E-state index in [4.69, 9.17) is 11.6 Å². The van der Waals surface area contributed by atoms with E-state index < -0.39 is 0 Å². The van der Waals surface area contributed by atoms with E-state index in [1.165, 1.54) is 22.2 Å². The van der Waals surface area contributed by atoms with Crippen molar-refractivity contribution < 1.29 is 4.79 Å². The molecule has 1 aliphatic carbocycles. The van der Waals surface area contributed by atoms with Gasteiger partial charge in [0.1, 0.15) is 0 Å². The normalized spacial score (nSPS) is 17.0. The monoisotopic (exact) mass is 324 g/mol. The molecule has 23 heavy (non-hydrogen) atoms. The number of aromatic nitrogens is 1. The fraction of sp³-hybridized carbons (Fsp3) is 0.211. The molecule has 4 rings (SSSR count). The van der Waals surface area contributed by atoms with Crippen molar-refractivity contribution in [1.82, 2.24) is 10.3 Å². The fourth-order valence-electron chi connectivity index (χ4n) is 3.36. The number of aromatic amines is 1. The Morgan fingerprint density at radius 1 is 1.13 bits per heavy atom. The number of aryl methyl sites for hydroxylation is 1. The van der Waals surface area contributed by atoms with Crippen LogP contribution in [0.5, 0.6) is 0 Å². The van der Waals surface area contributed by atoms with Gasteiger partial charge in [-0.1, -0.05) is 29.8 Å². The molecule has 1 unspecified atom stereocenters. The molecule has 0 aliphatic heterocycles. The van der Waals surface area contributed by atoms with Crippen LogP contribution in [-0.2, 0) is 12.8 Å². The highest BCUT2D eigenvalue weighted by Gasteiger charge is 2.23. The minimum atomic E-state index is -0.0324. The zero-order valence-electron chi connectivity index (χ0n) is 12.6. The number of para-hydroxylation sites is 1. The first kappa shape index (κ1) is 14.3. The van der Waals surface area contributed by atoms with Gasteiger partial charge in [-0.05, 0) is 55.2 Å². The van der Waals surface area contributed by atoms with Gasteiger partial charge in [0.05, 0.1) is 0 Å². The third-order valence-corrected chi connectivity index (χ3v) is 4.79. The SMILES string of the molecule is O=C(NC1CCc2[nH]c3ccccc3c2C1)c1ccc(Cl)cc1. The van der Waals surface area contributed by atoms with Crippen LogP contribution >= 0.6 is 11.6 Å². The summed E-state index contributed by atoms with van der Waals surface area (Å²) >= 11 is 5.87. The number of amides is 1. The van der Waals surface area contributed by atoms with Gasteiger partial charge < -0.3 is 10.3 Å². The first-order chi connectivity index (χ1) is 11.2. The standard InChI is InChI=1S/C19H17ClN2O/c20-13-7-5-12(6-8-13)19(23)21-14-9-10-18-16(11-14)15-3-1-2-4-17(15)22-18/h1-8,14,22H,9-11H2,(H,21,23). The van der Waals surface area contributed by atoms with Crippen LogP contribution in [-0.4, -0.2) is 16.9 Å². The molecule has 3 aromatic rings. The van der Waals surface area contributed by atoms with Crippen LogP contribution in [0.15, 0.2) is 48.5 Å². The molecular formula is C19H17ClN2O. The molecule has 0 radical (unpaired) electrons. The van der Waals surface area contributed by atoms with Crippen molar-refractivity contribution in [1.29, 1.82) is 0 Å². The molecule has 4 heteroatoms. The predicted molar refractivity (Wildman–Crippen MR) is 93.0 cm³/mol. The Morgan fingerprint density at radius 3 is 2.74 bits per heavy atom. The van der Waals surface area contributed by atoms with Crippen LogP contribution in [0.2, 0.25) is 5.02 Å².